The van der Waals surface area contributed by atoms with Gasteiger partial charge in [-0.05, 0) is 24.6 Å². The van der Waals surface area contributed by atoms with Gasteiger partial charge in [0.05, 0.1) is 17.7 Å². The zero-order chi connectivity index (χ0) is 20.8. The molecule has 0 saturated carbocycles. The van der Waals surface area contributed by atoms with Crippen molar-refractivity contribution < 1.29 is 9.53 Å². The van der Waals surface area contributed by atoms with Crippen LogP contribution in [0.4, 0.5) is 5.13 Å². The fraction of sp³-hybridized carbons (Fsp3) is 0.391. The molecule has 7 heteroatoms. The maximum absolute atomic E-state index is 12.1. The first kappa shape index (κ1) is 20.6. The van der Waals surface area contributed by atoms with Gasteiger partial charge in [0.15, 0.2) is 5.13 Å². The van der Waals surface area contributed by atoms with Gasteiger partial charge in [-0.25, -0.2) is 4.98 Å². The number of carbonyl (C=O) groups excluding carboxylic acids is 1. The third kappa shape index (κ3) is 5.09. The first-order valence-corrected chi connectivity index (χ1v) is 11.3. The highest BCUT2D eigenvalue weighted by Crippen LogP contribution is 2.34. The lowest BCUT2D eigenvalue weighted by atomic mass is 10.1. The Labute approximate surface area is 181 Å². The molecule has 1 aromatic heterocycles. The molecule has 4 rings (SSSR count). The predicted molar refractivity (Wildman–Crippen MR) is 123 cm³/mol. The van der Waals surface area contributed by atoms with E-state index < -0.39 is 0 Å². The molecule has 1 amide bonds. The topological polar surface area (TPSA) is 57.7 Å². The Morgan fingerprint density at radius 1 is 1.10 bits per heavy atom. The SMILES string of the molecule is CCOc1cccc2sc(N3CCN(CCNC(=O)Cc4ccccc4)CC3)nc12. The number of benzene rings is 2. The molecule has 6 nitrogen and oxygen atoms in total. The molecule has 1 saturated heterocycles. The highest BCUT2D eigenvalue weighted by Gasteiger charge is 2.20. The summed E-state index contributed by atoms with van der Waals surface area (Å²) in [6.45, 7) is 8.05. The van der Waals surface area contributed by atoms with Crippen LogP contribution in [0, 0.1) is 0 Å². The van der Waals surface area contributed by atoms with E-state index in [2.05, 4.69) is 21.2 Å². The summed E-state index contributed by atoms with van der Waals surface area (Å²) in [5, 5.41) is 4.10. The summed E-state index contributed by atoms with van der Waals surface area (Å²) in [6.07, 6.45) is 0.440. The monoisotopic (exact) mass is 424 g/mol. The minimum absolute atomic E-state index is 0.0828. The number of carbonyl (C=O) groups is 1. The fourth-order valence-electron chi connectivity index (χ4n) is 3.68. The molecule has 0 atom stereocenters. The van der Waals surface area contributed by atoms with Gasteiger partial charge in [-0.3, -0.25) is 9.69 Å². The van der Waals surface area contributed by atoms with E-state index in [4.69, 9.17) is 9.72 Å². The van der Waals surface area contributed by atoms with E-state index in [1.807, 2.05) is 49.4 Å². The number of ether oxygens (including phenoxy) is 1. The van der Waals surface area contributed by atoms with Gasteiger partial charge >= 0.3 is 0 Å². The molecule has 158 valence electrons. The van der Waals surface area contributed by atoms with Crippen LogP contribution in [0.2, 0.25) is 0 Å². The van der Waals surface area contributed by atoms with E-state index in [0.29, 0.717) is 19.6 Å². The lowest BCUT2D eigenvalue weighted by molar-refractivity contribution is -0.120. The second-order valence-corrected chi connectivity index (χ2v) is 8.38. The summed E-state index contributed by atoms with van der Waals surface area (Å²) in [7, 11) is 0. The Morgan fingerprint density at radius 2 is 1.90 bits per heavy atom. The van der Waals surface area contributed by atoms with Crippen LogP contribution in [0.3, 0.4) is 0 Å². The Bertz CT molecular complexity index is 968. The lowest BCUT2D eigenvalue weighted by Gasteiger charge is -2.34. The van der Waals surface area contributed by atoms with Gasteiger partial charge < -0.3 is 15.0 Å². The van der Waals surface area contributed by atoms with Crippen molar-refractivity contribution in [2.45, 2.75) is 13.3 Å². The standard InChI is InChI=1S/C23H28N4O2S/c1-2-29-19-9-6-10-20-22(19)25-23(30-20)27-15-13-26(14-16-27)12-11-24-21(28)17-18-7-4-3-5-8-18/h3-10H,2,11-17H2,1H3,(H,24,28). The van der Waals surface area contributed by atoms with Crippen LogP contribution in [0.1, 0.15) is 12.5 Å². The number of rotatable bonds is 8. The molecule has 1 aliphatic heterocycles. The number of nitrogens with one attached hydrogen (secondary N) is 1. The molecular formula is C23H28N4O2S. The molecule has 3 aromatic rings. The molecule has 0 spiro atoms. The molecule has 30 heavy (non-hydrogen) atoms. The van der Waals surface area contributed by atoms with Crippen LogP contribution in [0.25, 0.3) is 10.2 Å². The molecule has 0 bridgehead atoms. The number of aromatic nitrogens is 1. The third-order valence-corrected chi connectivity index (χ3v) is 6.35. The molecule has 1 aliphatic rings. The number of anilines is 1. The maximum atomic E-state index is 12.1. The van der Waals surface area contributed by atoms with E-state index in [9.17, 15) is 4.79 Å². The highest BCUT2D eigenvalue weighted by atomic mass is 32.1. The summed E-state index contributed by atoms with van der Waals surface area (Å²) in [5.74, 6) is 0.946. The normalized spacial score (nSPS) is 14.8. The minimum Gasteiger partial charge on any atom is -0.492 e. The molecule has 2 aromatic carbocycles. The number of para-hydroxylation sites is 1. The summed E-state index contributed by atoms with van der Waals surface area (Å²) in [4.78, 5) is 21.7. The third-order valence-electron chi connectivity index (χ3n) is 5.27. The number of amides is 1. The van der Waals surface area contributed by atoms with Crippen molar-refractivity contribution in [3.63, 3.8) is 0 Å². The number of nitrogens with zero attached hydrogens (tertiary/aromatic N) is 3. The van der Waals surface area contributed by atoms with Crippen molar-refractivity contribution in [3.05, 3.63) is 54.1 Å². The van der Waals surface area contributed by atoms with Crippen LogP contribution >= 0.6 is 11.3 Å². The number of hydrogen-bond acceptors (Lipinski definition) is 6. The molecule has 2 heterocycles. The average molecular weight is 425 g/mol. The number of hydrogen-bond donors (Lipinski definition) is 1. The second-order valence-electron chi connectivity index (χ2n) is 7.37. The fourth-order valence-corrected chi connectivity index (χ4v) is 4.71. The van der Waals surface area contributed by atoms with Crippen LogP contribution < -0.4 is 15.0 Å². The quantitative estimate of drug-likeness (QED) is 0.602. The molecule has 1 fully saturated rings. The molecule has 0 radical (unpaired) electrons. The van der Waals surface area contributed by atoms with E-state index in [1.165, 1.54) is 4.70 Å². The van der Waals surface area contributed by atoms with E-state index in [0.717, 1.165) is 54.7 Å². The van der Waals surface area contributed by atoms with E-state index in [-0.39, 0.29) is 5.91 Å². The predicted octanol–water partition coefficient (Wildman–Crippen LogP) is 3.18. The Morgan fingerprint density at radius 3 is 2.67 bits per heavy atom. The van der Waals surface area contributed by atoms with Gasteiger partial charge in [0.1, 0.15) is 11.3 Å². The van der Waals surface area contributed by atoms with Gasteiger partial charge in [0, 0.05) is 39.3 Å². The average Bonchev–Trinajstić information content (AvgIpc) is 3.21. The van der Waals surface area contributed by atoms with Crippen molar-refractivity contribution in [1.82, 2.24) is 15.2 Å². The van der Waals surface area contributed by atoms with Crippen molar-refractivity contribution in [2.75, 3.05) is 50.8 Å². The maximum Gasteiger partial charge on any atom is 0.224 e. The smallest absolute Gasteiger partial charge is 0.224 e. The molecule has 0 unspecified atom stereocenters. The Hall–Kier alpha value is -2.64. The summed E-state index contributed by atoms with van der Waals surface area (Å²) >= 11 is 1.73. The highest BCUT2D eigenvalue weighted by molar-refractivity contribution is 7.22. The van der Waals surface area contributed by atoms with Crippen molar-refractivity contribution in [3.8, 4) is 5.75 Å². The van der Waals surface area contributed by atoms with Crippen LogP contribution in [-0.4, -0.2) is 61.7 Å². The molecular weight excluding hydrogens is 396 g/mol. The van der Waals surface area contributed by atoms with Crippen molar-refractivity contribution in [1.29, 1.82) is 0 Å². The van der Waals surface area contributed by atoms with Crippen molar-refractivity contribution in [2.24, 2.45) is 0 Å². The summed E-state index contributed by atoms with van der Waals surface area (Å²) in [5.41, 5.74) is 2.01. The van der Waals surface area contributed by atoms with Gasteiger partial charge in [-0.15, -0.1) is 0 Å². The minimum atomic E-state index is 0.0828. The van der Waals surface area contributed by atoms with Gasteiger partial charge in [0.25, 0.3) is 0 Å². The van der Waals surface area contributed by atoms with Crippen LogP contribution in [0.15, 0.2) is 48.5 Å². The van der Waals surface area contributed by atoms with Crippen molar-refractivity contribution >= 4 is 32.6 Å². The zero-order valence-electron chi connectivity index (χ0n) is 17.3. The Balaban J connectivity index is 1.24. The van der Waals surface area contributed by atoms with E-state index in [1.54, 1.807) is 11.3 Å². The van der Waals surface area contributed by atoms with E-state index >= 15 is 0 Å². The van der Waals surface area contributed by atoms with Gasteiger partial charge in [-0.2, -0.15) is 0 Å². The lowest BCUT2D eigenvalue weighted by Crippen LogP contribution is -2.48. The number of thiazole rings is 1. The van der Waals surface area contributed by atoms with Gasteiger partial charge in [0.2, 0.25) is 5.91 Å². The molecule has 0 aliphatic carbocycles. The second kappa shape index (κ2) is 9.91. The zero-order valence-corrected chi connectivity index (χ0v) is 18.2. The Kier molecular flexibility index (Phi) is 6.81. The molecule has 1 N–H and O–H groups in total. The largest absolute Gasteiger partial charge is 0.492 e. The van der Waals surface area contributed by atoms with Crippen LogP contribution in [0.5, 0.6) is 5.75 Å². The van der Waals surface area contributed by atoms with Crippen LogP contribution in [-0.2, 0) is 11.2 Å². The summed E-state index contributed by atoms with van der Waals surface area (Å²) in [6, 6.07) is 16.0. The van der Waals surface area contributed by atoms with Gasteiger partial charge in [-0.1, -0.05) is 47.7 Å². The number of fused-ring (bicyclic) bond motifs is 1. The summed E-state index contributed by atoms with van der Waals surface area (Å²) < 4.78 is 6.89. The number of piperazine rings is 1. The first-order chi connectivity index (χ1) is 14.7. The first-order valence-electron chi connectivity index (χ1n) is 10.5.